The Labute approximate surface area is 156 Å². The first-order valence-electron chi connectivity index (χ1n) is 9.68. The summed E-state index contributed by atoms with van der Waals surface area (Å²) in [5.41, 5.74) is 2.33. The van der Waals surface area contributed by atoms with Crippen molar-refractivity contribution in [2.24, 2.45) is 0 Å². The Balaban J connectivity index is 1.91. The van der Waals surface area contributed by atoms with E-state index in [0.717, 1.165) is 24.5 Å². The summed E-state index contributed by atoms with van der Waals surface area (Å²) in [5, 5.41) is 0. The standard InChI is InChI=1S/C23H29NO2/c1-22(2)16-23(17-24-13-7-8-14-24,18-9-5-4-6-10-18)20-15-19(25-3)11-12-21(20)26-22/h4-6,9-12,15H,7-8,13-14,16-17H2,1-3H3. The van der Waals surface area contributed by atoms with E-state index in [4.69, 9.17) is 9.47 Å². The summed E-state index contributed by atoms with van der Waals surface area (Å²) in [6.07, 6.45) is 3.56. The second-order valence-electron chi connectivity index (χ2n) is 8.33. The van der Waals surface area contributed by atoms with E-state index in [2.05, 4.69) is 61.2 Å². The van der Waals surface area contributed by atoms with Gasteiger partial charge in [-0.15, -0.1) is 0 Å². The first-order valence-corrected chi connectivity index (χ1v) is 9.68. The van der Waals surface area contributed by atoms with E-state index in [0.29, 0.717) is 0 Å². The summed E-state index contributed by atoms with van der Waals surface area (Å²) in [6.45, 7) is 7.83. The lowest BCUT2D eigenvalue weighted by Gasteiger charge is -2.48. The maximum absolute atomic E-state index is 6.39. The van der Waals surface area contributed by atoms with Gasteiger partial charge in [-0.25, -0.2) is 0 Å². The van der Waals surface area contributed by atoms with E-state index < -0.39 is 0 Å². The van der Waals surface area contributed by atoms with Crippen LogP contribution in [0.5, 0.6) is 11.5 Å². The molecule has 4 rings (SSSR count). The highest BCUT2D eigenvalue weighted by Crippen LogP contribution is 2.50. The molecule has 0 amide bonds. The first kappa shape index (κ1) is 17.4. The third-order valence-electron chi connectivity index (χ3n) is 5.83. The molecule has 1 fully saturated rings. The van der Waals surface area contributed by atoms with Crippen molar-refractivity contribution in [3.63, 3.8) is 0 Å². The van der Waals surface area contributed by atoms with Crippen molar-refractivity contribution in [3.05, 3.63) is 59.7 Å². The maximum atomic E-state index is 6.39. The van der Waals surface area contributed by atoms with Crippen LogP contribution in [-0.2, 0) is 5.41 Å². The van der Waals surface area contributed by atoms with E-state index in [1.54, 1.807) is 7.11 Å². The topological polar surface area (TPSA) is 21.7 Å². The zero-order valence-electron chi connectivity index (χ0n) is 16.1. The fourth-order valence-corrected chi connectivity index (χ4v) is 4.82. The molecule has 2 aromatic carbocycles. The molecular formula is C23H29NO2. The summed E-state index contributed by atoms with van der Waals surface area (Å²) in [6, 6.07) is 17.2. The Hall–Kier alpha value is -2.00. The van der Waals surface area contributed by atoms with Crippen LogP contribution in [0.2, 0.25) is 0 Å². The Bertz CT molecular complexity index is 765. The van der Waals surface area contributed by atoms with Gasteiger partial charge in [-0.05, 0) is 63.5 Å². The highest BCUT2D eigenvalue weighted by atomic mass is 16.5. The molecule has 1 atom stereocenters. The van der Waals surface area contributed by atoms with Crippen LogP contribution in [0.25, 0.3) is 0 Å². The largest absolute Gasteiger partial charge is 0.497 e. The van der Waals surface area contributed by atoms with E-state index >= 15 is 0 Å². The first-order chi connectivity index (χ1) is 12.5. The Kier molecular flexibility index (Phi) is 4.44. The van der Waals surface area contributed by atoms with Gasteiger partial charge in [-0.2, -0.15) is 0 Å². The Morgan fingerprint density at radius 3 is 2.46 bits per heavy atom. The number of fused-ring (bicyclic) bond motifs is 1. The summed E-state index contributed by atoms with van der Waals surface area (Å²) < 4.78 is 11.9. The summed E-state index contributed by atoms with van der Waals surface area (Å²) in [5.74, 6) is 1.89. The molecule has 3 nitrogen and oxygen atoms in total. The fourth-order valence-electron chi connectivity index (χ4n) is 4.82. The lowest BCUT2D eigenvalue weighted by Crippen LogP contribution is -2.50. The van der Waals surface area contributed by atoms with Crippen LogP contribution in [0.15, 0.2) is 48.5 Å². The van der Waals surface area contributed by atoms with E-state index in [-0.39, 0.29) is 11.0 Å². The van der Waals surface area contributed by atoms with Gasteiger partial charge >= 0.3 is 0 Å². The minimum atomic E-state index is -0.211. The van der Waals surface area contributed by atoms with Crippen LogP contribution < -0.4 is 9.47 Å². The van der Waals surface area contributed by atoms with Crippen molar-refractivity contribution >= 4 is 0 Å². The lowest BCUT2D eigenvalue weighted by atomic mass is 9.66. The number of hydrogen-bond donors (Lipinski definition) is 0. The average Bonchev–Trinajstić information content (AvgIpc) is 3.14. The highest BCUT2D eigenvalue weighted by molar-refractivity contribution is 5.53. The van der Waals surface area contributed by atoms with Gasteiger partial charge in [0.25, 0.3) is 0 Å². The molecule has 0 bridgehead atoms. The number of benzene rings is 2. The van der Waals surface area contributed by atoms with E-state index in [1.807, 2.05) is 6.07 Å². The zero-order valence-corrected chi connectivity index (χ0v) is 16.1. The van der Waals surface area contributed by atoms with Crippen molar-refractivity contribution in [1.29, 1.82) is 0 Å². The van der Waals surface area contributed by atoms with Crippen LogP contribution in [0, 0.1) is 0 Å². The molecule has 0 aromatic heterocycles. The zero-order chi connectivity index (χ0) is 18.2. The van der Waals surface area contributed by atoms with Crippen molar-refractivity contribution in [2.75, 3.05) is 26.7 Å². The molecule has 2 aromatic rings. The van der Waals surface area contributed by atoms with Gasteiger partial charge in [0.05, 0.1) is 7.11 Å². The molecule has 1 unspecified atom stereocenters. The number of hydrogen-bond acceptors (Lipinski definition) is 3. The third-order valence-corrected chi connectivity index (χ3v) is 5.83. The van der Waals surface area contributed by atoms with Crippen molar-refractivity contribution < 1.29 is 9.47 Å². The van der Waals surface area contributed by atoms with Crippen LogP contribution in [0.1, 0.15) is 44.2 Å². The predicted octanol–water partition coefficient (Wildman–Crippen LogP) is 4.64. The number of rotatable bonds is 4. The van der Waals surface area contributed by atoms with E-state index in [1.165, 1.54) is 37.1 Å². The molecule has 2 aliphatic rings. The molecular weight excluding hydrogens is 322 g/mol. The molecule has 0 aliphatic carbocycles. The average molecular weight is 351 g/mol. The number of methoxy groups -OCH3 is 1. The molecule has 2 heterocycles. The van der Waals surface area contributed by atoms with Crippen molar-refractivity contribution in [1.82, 2.24) is 4.90 Å². The predicted molar refractivity (Wildman–Crippen MR) is 105 cm³/mol. The van der Waals surface area contributed by atoms with Crippen LogP contribution in [0.4, 0.5) is 0 Å². The van der Waals surface area contributed by atoms with Crippen molar-refractivity contribution in [3.8, 4) is 11.5 Å². The van der Waals surface area contributed by atoms with Crippen molar-refractivity contribution in [2.45, 2.75) is 44.1 Å². The summed E-state index contributed by atoms with van der Waals surface area (Å²) in [7, 11) is 1.74. The van der Waals surface area contributed by atoms with E-state index in [9.17, 15) is 0 Å². The second-order valence-corrected chi connectivity index (χ2v) is 8.33. The van der Waals surface area contributed by atoms with Gasteiger partial charge in [0.2, 0.25) is 0 Å². The van der Waals surface area contributed by atoms with Gasteiger partial charge in [0.15, 0.2) is 0 Å². The Morgan fingerprint density at radius 1 is 1.04 bits per heavy atom. The van der Waals surface area contributed by atoms with Gasteiger partial charge in [0.1, 0.15) is 17.1 Å². The molecule has 0 saturated carbocycles. The minimum Gasteiger partial charge on any atom is -0.497 e. The SMILES string of the molecule is COc1ccc2c(c1)C(CN1CCCC1)(c1ccccc1)CC(C)(C)O2. The maximum Gasteiger partial charge on any atom is 0.124 e. The highest BCUT2D eigenvalue weighted by Gasteiger charge is 2.47. The molecule has 138 valence electrons. The number of nitrogens with zero attached hydrogens (tertiary/aromatic N) is 1. The van der Waals surface area contributed by atoms with Crippen LogP contribution >= 0.6 is 0 Å². The Morgan fingerprint density at radius 2 is 1.77 bits per heavy atom. The van der Waals surface area contributed by atoms with Crippen LogP contribution in [0.3, 0.4) is 0 Å². The summed E-state index contributed by atoms with van der Waals surface area (Å²) >= 11 is 0. The molecule has 0 spiro atoms. The quantitative estimate of drug-likeness (QED) is 0.801. The second kappa shape index (κ2) is 6.62. The molecule has 0 radical (unpaired) electrons. The molecule has 0 N–H and O–H groups in total. The minimum absolute atomic E-state index is 0.0861. The van der Waals surface area contributed by atoms with Gasteiger partial charge < -0.3 is 14.4 Å². The van der Waals surface area contributed by atoms with Gasteiger partial charge in [-0.1, -0.05) is 30.3 Å². The lowest BCUT2D eigenvalue weighted by molar-refractivity contribution is 0.0447. The number of likely N-dealkylation sites (tertiary alicyclic amines) is 1. The molecule has 1 saturated heterocycles. The van der Waals surface area contributed by atoms with Gasteiger partial charge in [0, 0.05) is 23.9 Å². The van der Waals surface area contributed by atoms with Crippen LogP contribution in [-0.4, -0.2) is 37.2 Å². The van der Waals surface area contributed by atoms with Gasteiger partial charge in [-0.3, -0.25) is 0 Å². The number of ether oxygens (including phenoxy) is 2. The fraction of sp³-hybridized carbons (Fsp3) is 0.478. The molecule has 2 aliphatic heterocycles. The summed E-state index contributed by atoms with van der Waals surface area (Å²) in [4.78, 5) is 2.62. The normalized spacial score (nSPS) is 24.7. The molecule has 3 heteroatoms. The monoisotopic (exact) mass is 351 g/mol. The molecule has 26 heavy (non-hydrogen) atoms. The third kappa shape index (κ3) is 3.09. The smallest absolute Gasteiger partial charge is 0.124 e.